The molecule has 6 heteroatoms. The molecule has 0 saturated heterocycles. The van der Waals surface area contributed by atoms with Gasteiger partial charge in [0, 0.05) is 30.4 Å². The Morgan fingerprint density at radius 1 is 1.17 bits per heavy atom. The molecule has 0 aromatic heterocycles. The summed E-state index contributed by atoms with van der Waals surface area (Å²) in [6.07, 6.45) is 0. The van der Waals surface area contributed by atoms with Crippen LogP contribution in [0.3, 0.4) is 0 Å². The number of carbonyl (C=O) groups excluding carboxylic acids is 1. The lowest BCUT2D eigenvalue weighted by Gasteiger charge is -2.21. The summed E-state index contributed by atoms with van der Waals surface area (Å²) in [7, 11) is 1.68. The van der Waals surface area contributed by atoms with E-state index in [4.69, 9.17) is 0 Å². The van der Waals surface area contributed by atoms with Gasteiger partial charge >= 0.3 is 0 Å². The van der Waals surface area contributed by atoms with Crippen LogP contribution in [-0.2, 0) is 0 Å². The number of amides is 1. The van der Waals surface area contributed by atoms with Crippen molar-refractivity contribution in [1.29, 1.82) is 0 Å². The van der Waals surface area contributed by atoms with Crippen molar-refractivity contribution in [3.05, 3.63) is 64.2 Å². The second-order valence-corrected chi connectivity index (χ2v) is 5.49. The average molecular weight is 313 g/mol. The third-order valence-electron chi connectivity index (χ3n) is 3.59. The molecule has 0 aliphatic rings. The van der Waals surface area contributed by atoms with Gasteiger partial charge in [-0.25, -0.2) is 0 Å². The maximum atomic E-state index is 12.3. The van der Waals surface area contributed by atoms with E-state index in [1.807, 2.05) is 44.2 Å². The molecular weight excluding hydrogens is 294 g/mol. The maximum Gasteiger partial charge on any atom is 0.293 e. The van der Waals surface area contributed by atoms with Gasteiger partial charge in [-0.05, 0) is 38.1 Å². The van der Waals surface area contributed by atoms with Crippen LogP contribution in [-0.4, -0.2) is 28.8 Å². The monoisotopic (exact) mass is 313 g/mol. The molecule has 0 heterocycles. The summed E-state index contributed by atoms with van der Waals surface area (Å²) >= 11 is 0. The summed E-state index contributed by atoms with van der Waals surface area (Å²) in [4.78, 5) is 24.7. The topological polar surface area (TPSA) is 75.5 Å². The lowest BCUT2D eigenvalue weighted by atomic mass is 10.1. The Kier molecular flexibility index (Phi) is 4.95. The van der Waals surface area contributed by atoms with E-state index in [0.717, 1.165) is 5.69 Å². The lowest BCUT2D eigenvalue weighted by Crippen LogP contribution is -2.32. The van der Waals surface area contributed by atoms with Crippen molar-refractivity contribution in [2.24, 2.45) is 0 Å². The van der Waals surface area contributed by atoms with Gasteiger partial charge in [0.15, 0.2) is 0 Å². The van der Waals surface area contributed by atoms with Gasteiger partial charge in [0.2, 0.25) is 0 Å². The van der Waals surface area contributed by atoms with Crippen LogP contribution in [0.2, 0.25) is 0 Å². The van der Waals surface area contributed by atoms with Crippen molar-refractivity contribution in [3.63, 3.8) is 0 Å². The molecule has 2 rings (SSSR count). The van der Waals surface area contributed by atoms with Crippen LogP contribution in [0.25, 0.3) is 0 Å². The van der Waals surface area contributed by atoms with E-state index >= 15 is 0 Å². The quantitative estimate of drug-likeness (QED) is 0.672. The molecule has 0 saturated carbocycles. The molecule has 0 atom stereocenters. The van der Waals surface area contributed by atoms with Gasteiger partial charge in [-0.2, -0.15) is 0 Å². The normalized spacial score (nSPS) is 10.4. The van der Waals surface area contributed by atoms with Crippen LogP contribution in [0.1, 0.15) is 24.2 Å². The number of nitrogens with zero attached hydrogens (tertiary/aromatic N) is 2. The molecule has 0 fully saturated rings. The molecule has 120 valence electrons. The summed E-state index contributed by atoms with van der Waals surface area (Å²) in [5.41, 5.74) is 1.27. The summed E-state index contributed by atoms with van der Waals surface area (Å²) in [6.45, 7) is 3.77. The number of hydrogen-bond acceptors (Lipinski definition) is 4. The Labute approximate surface area is 134 Å². The Morgan fingerprint density at radius 2 is 1.83 bits per heavy atom. The minimum absolute atomic E-state index is 0.0173. The Bertz CT molecular complexity index is 714. The maximum absolute atomic E-state index is 12.3. The van der Waals surface area contributed by atoms with Gasteiger partial charge in [0.25, 0.3) is 11.6 Å². The van der Waals surface area contributed by atoms with E-state index in [1.54, 1.807) is 24.1 Å². The number of hydrogen-bond donors (Lipinski definition) is 1. The van der Waals surface area contributed by atoms with Gasteiger partial charge in [0.1, 0.15) is 5.69 Å². The molecule has 23 heavy (non-hydrogen) atoms. The van der Waals surface area contributed by atoms with Crippen molar-refractivity contribution in [2.45, 2.75) is 19.9 Å². The van der Waals surface area contributed by atoms with E-state index in [9.17, 15) is 14.9 Å². The van der Waals surface area contributed by atoms with E-state index in [1.165, 1.54) is 6.07 Å². The van der Waals surface area contributed by atoms with E-state index in [0.29, 0.717) is 11.3 Å². The molecule has 0 bridgehead atoms. The highest BCUT2D eigenvalue weighted by atomic mass is 16.6. The van der Waals surface area contributed by atoms with Crippen molar-refractivity contribution in [3.8, 4) is 0 Å². The number of carbonyl (C=O) groups is 1. The van der Waals surface area contributed by atoms with Crippen LogP contribution < -0.4 is 5.32 Å². The highest BCUT2D eigenvalue weighted by molar-refractivity contribution is 5.96. The summed E-state index contributed by atoms with van der Waals surface area (Å²) < 4.78 is 0. The van der Waals surface area contributed by atoms with Gasteiger partial charge in [-0.1, -0.05) is 18.2 Å². The Hall–Kier alpha value is -2.89. The number of anilines is 2. The molecule has 0 unspecified atom stereocenters. The van der Waals surface area contributed by atoms with Crippen LogP contribution >= 0.6 is 0 Å². The molecule has 2 aromatic carbocycles. The molecule has 6 nitrogen and oxygen atoms in total. The highest BCUT2D eigenvalue weighted by Gasteiger charge is 2.20. The third-order valence-corrected chi connectivity index (χ3v) is 3.59. The van der Waals surface area contributed by atoms with Crippen molar-refractivity contribution >= 4 is 23.0 Å². The number of nitro benzene ring substituents is 1. The lowest BCUT2D eigenvalue weighted by molar-refractivity contribution is -0.383. The molecule has 1 amide bonds. The first kappa shape index (κ1) is 16.5. The number of nitrogens with one attached hydrogen (secondary N) is 1. The SMILES string of the molecule is CC(C)N(C)C(=O)c1ccc(Nc2ccccc2)c([N+](=O)[O-])c1. The van der Waals surface area contributed by atoms with Gasteiger partial charge < -0.3 is 10.2 Å². The molecule has 0 radical (unpaired) electrons. The predicted octanol–water partition coefficient (Wildman–Crippen LogP) is 3.82. The Morgan fingerprint density at radius 3 is 2.39 bits per heavy atom. The number of para-hydroxylation sites is 1. The molecule has 0 aliphatic heterocycles. The zero-order chi connectivity index (χ0) is 17.0. The molecular formula is C17H19N3O3. The summed E-state index contributed by atoms with van der Waals surface area (Å²) in [6, 6.07) is 13.7. The second-order valence-electron chi connectivity index (χ2n) is 5.49. The van der Waals surface area contributed by atoms with Crippen LogP contribution in [0, 0.1) is 10.1 Å². The first-order valence-electron chi connectivity index (χ1n) is 7.28. The molecule has 2 aromatic rings. The average Bonchev–Trinajstić information content (AvgIpc) is 2.54. The van der Waals surface area contributed by atoms with Gasteiger partial charge in [0.05, 0.1) is 4.92 Å². The van der Waals surface area contributed by atoms with Crippen LogP contribution in [0.4, 0.5) is 17.1 Å². The van der Waals surface area contributed by atoms with Crippen molar-refractivity contribution < 1.29 is 9.72 Å². The van der Waals surface area contributed by atoms with Gasteiger partial charge in [-0.3, -0.25) is 14.9 Å². The zero-order valence-electron chi connectivity index (χ0n) is 13.3. The second kappa shape index (κ2) is 6.91. The smallest absolute Gasteiger partial charge is 0.293 e. The zero-order valence-corrected chi connectivity index (χ0v) is 13.3. The van der Waals surface area contributed by atoms with Crippen LogP contribution in [0.15, 0.2) is 48.5 Å². The van der Waals surface area contributed by atoms with E-state index in [2.05, 4.69) is 5.32 Å². The van der Waals surface area contributed by atoms with Crippen molar-refractivity contribution in [2.75, 3.05) is 12.4 Å². The molecule has 0 aliphatic carbocycles. The fourth-order valence-corrected chi connectivity index (χ4v) is 2.04. The molecule has 0 spiro atoms. The van der Waals surface area contributed by atoms with Crippen LogP contribution in [0.5, 0.6) is 0 Å². The third kappa shape index (κ3) is 3.85. The number of rotatable bonds is 5. The van der Waals surface area contributed by atoms with E-state index in [-0.39, 0.29) is 17.6 Å². The summed E-state index contributed by atoms with van der Waals surface area (Å²) in [5.74, 6) is -0.241. The first-order chi connectivity index (χ1) is 10.9. The highest BCUT2D eigenvalue weighted by Crippen LogP contribution is 2.29. The Balaban J connectivity index is 2.35. The van der Waals surface area contributed by atoms with Gasteiger partial charge in [-0.15, -0.1) is 0 Å². The largest absolute Gasteiger partial charge is 0.350 e. The first-order valence-corrected chi connectivity index (χ1v) is 7.28. The minimum Gasteiger partial charge on any atom is -0.350 e. The molecule has 1 N–H and O–H groups in total. The standard InChI is InChI=1S/C17H19N3O3/c1-12(2)19(3)17(21)13-9-10-15(16(11-13)20(22)23)18-14-7-5-4-6-8-14/h4-12,18H,1-3H3. The minimum atomic E-state index is -0.489. The fraction of sp³-hybridized carbons (Fsp3) is 0.235. The predicted molar refractivity (Wildman–Crippen MR) is 90.1 cm³/mol. The fourth-order valence-electron chi connectivity index (χ4n) is 2.04. The summed E-state index contributed by atoms with van der Waals surface area (Å²) in [5, 5.41) is 14.3. The number of nitro groups is 1. The van der Waals surface area contributed by atoms with E-state index < -0.39 is 4.92 Å². The van der Waals surface area contributed by atoms with Crippen molar-refractivity contribution in [1.82, 2.24) is 4.90 Å². The number of benzene rings is 2.